The molecule has 90 valence electrons. The van der Waals surface area contributed by atoms with E-state index >= 15 is 0 Å². The van der Waals surface area contributed by atoms with Gasteiger partial charge in [-0.3, -0.25) is 0 Å². The molecule has 4 nitrogen and oxygen atoms in total. The van der Waals surface area contributed by atoms with Gasteiger partial charge in [0.2, 0.25) is 0 Å². The summed E-state index contributed by atoms with van der Waals surface area (Å²) in [6, 6.07) is 0.824. The van der Waals surface area contributed by atoms with Crippen molar-refractivity contribution in [3.05, 3.63) is 0 Å². The molecule has 1 fully saturated rings. The maximum Gasteiger partial charge on any atom is 0.362 e. The Kier molecular flexibility index (Phi) is 3.56. The summed E-state index contributed by atoms with van der Waals surface area (Å²) in [5.41, 5.74) is 0. The van der Waals surface area contributed by atoms with Crippen LogP contribution < -0.4 is 0 Å². The number of rotatable bonds is 3. The Labute approximate surface area is 97.1 Å². The van der Waals surface area contributed by atoms with Crippen molar-refractivity contribution < 1.29 is 4.79 Å². The minimum atomic E-state index is -0.114. The Balaban J connectivity index is 2.20. The zero-order chi connectivity index (χ0) is 11.5. The van der Waals surface area contributed by atoms with Crippen LogP contribution in [0.3, 0.4) is 0 Å². The number of amides is 2. The van der Waals surface area contributed by atoms with E-state index < -0.39 is 0 Å². The van der Waals surface area contributed by atoms with Crippen LogP contribution in [0.25, 0.3) is 0 Å². The third kappa shape index (κ3) is 1.97. The van der Waals surface area contributed by atoms with Gasteiger partial charge in [0.15, 0.2) is 0 Å². The lowest BCUT2D eigenvalue weighted by molar-refractivity contribution is 0.0987. The second kappa shape index (κ2) is 4.93. The molecule has 0 saturated heterocycles. The molecule has 0 aromatic rings. The fourth-order valence-electron chi connectivity index (χ4n) is 2.98. The molecule has 2 amide bonds. The normalized spacial score (nSPS) is 29.7. The highest BCUT2D eigenvalue weighted by Crippen LogP contribution is 2.31. The van der Waals surface area contributed by atoms with E-state index in [0.717, 1.165) is 25.7 Å². The Hall–Kier alpha value is -0.930. The summed E-state index contributed by atoms with van der Waals surface area (Å²) in [7, 11) is 0. The van der Waals surface area contributed by atoms with E-state index in [0.29, 0.717) is 12.1 Å². The molecule has 0 aromatic carbocycles. The molecule has 0 radical (unpaired) electrons. The monoisotopic (exact) mass is 223 g/mol. The minimum absolute atomic E-state index is 0.114. The summed E-state index contributed by atoms with van der Waals surface area (Å²) < 4.78 is 0. The first-order chi connectivity index (χ1) is 7.77. The van der Waals surface area contributed by atoms with Crippen molar-refractivity contribution >= 4 is 6.03 Å². The van der Waals surface area contributed by atoms with E-state index in [-0.39, 0.29) is 12.1 Å². The number of carbonyl (C=O) groups excluding carboxylic acids is 1. The van der Waals surface area contributed by atoms with E-state index in [2.05, 4.69) is 24.1 Å². The molecule has 0 bridgehead atoms. The van der Waals surface area contributed by atoms with Crippen molar-refractivity contribution in [2.24, 2.45) is 10.2 Å². The molecule has 2 unspecified atom stereocenters. The van der Waals surface area contributed by atoms with Gasteiger partial charge in [-0.25, -0.2) is 4.79 Å². The van der Waals surface area contributed by atoms with Crippen LogP contribution in [0.1, 0.15) is 52.4 Å². The molecule has 2 rings (SSSR count). The lowest BCUT2D eigenvalue weighted by atomic mass is 9.88. The van der Waals surface area contributed by atoms with Gasteiger partial charge >= 0.3 is 6.03 Å². The van der Waals surface area contributed by atoms with Crippen LogP contribution in [0, 0.1) is 0 Å². The van der Waals surface area contributed by atoms with E-state index in [9.17, 15) is 4.79 Å². The highest BCUT2D eigenvalue weighted by molar-refractivity contribution is 5.76. The number of nitrogens with zero attached hydrogens (tertiary/aromatic N) is 3. The molecule has 2 aliphatic rings. The van der Waals surface area contributed by atoms with Gasteiger partial charge in [-0.1, -0.05) is 31.8 Å². The Morgan fingerprint density at radius 1 is 1.31 bits per heavy atom. The molecule has 1 aliphatic carbocycles. The van der Waals surface area contributed by atoms with Crippen LogP contribution in [0.15, 0.2) is 10.2 Å². The predicted octanol–water partition coefficient (Wildman–Crippen LogP) is 3.37. The van der Waals surface area contributed by atoms with Gasteiger partial charge in [0.25, 0.3) is 0 Å². The molecule has 1 aliphatic heterocycles. The molecular formula is C12H21N3O. The molecule has 1 heterocycles. The fraction of sp³-hybridized carbons (Fsp3) is 0.917. The van der Waals surface area contributed by atoms with Crippen LogP contribution >= 0.6 is 0 Å². The molecule has 2 atom stereocenters. The number of urea groups is 1. The second-order valence-corrected chi connectivity index (χ2v) is 4.79. The molecule has 16 heavy (non-hydrogen) atoms. The van der Waals surface area contributed by atoms with Gasteiger partial charge in [0.05, 0.1) is 12.1 Å². The van der Waals surface area contributed by atoms with Crippen molar-refractivity contribution in [2.45, 2.75) is 70.5 Å². The summed E-state index contributed by atoms with van der Waals surface area (Å²) in [4.78, 5) is 13.9. The van der Waals surface area contributed by atoms with E-state index in [4.69, 9.17) is 0 Å². The molecule has 0 spiro atoms. The van der Waals surface area contributed by atoms with Gasteiger partial charge in [-0.2, -0.15) is 5.11 Å². The fourth-order valence-corrected chi connectivity index (χ4v) is 2.98. The Bertz CT molecular complexity index is 286. The molecule has 4 heteroatoms. The Morgan fingerprint density at radius 2 is 2.00 bits per heavy atom. The minimum Gasteiger partial charge on any atom is -0.313 e. The number of azo groups is 1. The van der Waals surface area contributed by atoms with E-state index in [1.807, 2.05) is 4.90 Å². The first-order valence-corrected chi connectivity index (χ1v) is 6.51. The van der Waals surface area contributed by atoms with Crippen LogP contribution in [0.2, 0.25) is 0 Å². The SMILES string of the molecule is CCC(CC)N1C(=O)N=NC2CCCCC21. The zero-order valence-corrected chi connectivity index (χ0v) is 10.2. The summed E-state index contributed by atoms with van der Waals surface area (Å²) in [5.74, 6) is 0. The highest BCUT2D eigenvalue weighted by Gasteiger charge is 2.39. The highest BCUT2D eigenvalue weighted by atomic mass is 16.2. The first-order valence-electron chi connectivity index (χ1n) is 6.51. The second-order valence-electron chi connectivity index (χ2n) is 4.79. The van der Waals surface area contributed by atoms with Crippen LogP contribution in [0.5, 0.6) is 0 Å². The maximum absolute atomic E-state index is 11.9. The lowest BCUT2D eigenvalue weighted by Crippen LogP contribution is -2.53. The molecule has 0 aromatic heterocycles. The predicted molar refractivity (Wildman–Crippen MR) is 62.5 cm³/mol. The third-order valence-corrected chi connectivity index (χ3v) is 3.90. The summed E-state index contributed by atoms with van der Waals surface area (Å²) in [6.07, 6.45) is 6.68. The van der Waals surface area contributed by atoms with E-state index in [1.54, 1.807) is 0 Å². The number of hydrogen-bond donors (Lipinski definition) is 0. The van der Waals surface area contributed by atoms with Crippen molar-refractivity contribution in [2.75, 3.05) is 0 Å². The summed E-state index contributed by atoms with van der Waals surface area (Å²) in [6.45, 7) is 4.29. The van der Waals surface area contributed by atoms with Gasteiger partial charge < -0.3 is 4.90 Å². The third-order valence-electron chi connectivity index (χ3n) is 3.90. The van der Waals surface area contributed by atoms with Crippen molar-refractivity contribution in [1.82, 2.24) is 4.90 Å². The van der Waals surface area contributed by atoms with Crippen molar-refractivity contribution in [3.8, 4) is 0 Å². The molecule has 0 N–H and O–H groups in total. The van der Waals surface area contributed by atoms with Crippen LogP contribution in [0.4, 0.5) is 4.79 Å². The molecular weight excluding hydrogens is 202 g/mol. The van der Waals surface area contributed by atoms with Crippen molar-refractivity contribution in [3.63, 3.8) is 0 Å². The number of hydrogen-bond acceptors (Lipinski definition) is 2. The standard InChI is InChI=1S/C12H21N3O/c1-3-9(4-2)15-11-8-6-5-7-10(11)13-14-12(15)16/h9-11H,3-8H2,1-2H3. The van der Waals surface area contributed by atoms with Crippen molar-refractivity contribution in [1.29, 1.82) is 0 Å². The zero-order valence-electron chi connectivity index (χ0n) is 10.2. The smallest absolute Gasteiger partial charge is 0.313 e. The van der Waals surface area contributed by atoms with Gasteiger partial charge in [-0.05, 0) is 25.7 Å². The van der Waals surface area contributed by atoms with Crippen LogP contribution in [-0.4, -0.2) is 29.1 Å². The largest absolute Gasteiger partial charge is 0.362 e. The number of carbonyl (C=O) groups is 1. The number of fused-ring (bicyclic) bond motifs is 1. The quantitative estimate of drug-likeness (QED) is 0.723. The summed E-state index contributed by atoms with van der Waals surface area (Å²) in [5, 5.41) is 7.99. The van der Waals surface area contributed by atoms with E-state index in [1.165, 1.54) is 12.8 Å². The average molecular weight is 223 g/mol. The van der Waals surface area contributed by atoms with Gasteiger partial charge in [-0.15, -0.1) is 0 Å². The first kappa shape index (κ1) is 11.6. The Morgan fingerprint density at radius 3 is 2.69 bits per heavy atom. The van der Waals surface area contributed by atoms with Gasteiger partial charge in [0, 0.05) is 6.04 Å². The topological polar surface area (TPSA) is 45.0 Å². The summed E-state index contributed by atoms with van der Waals surface area (Å²) >= 11 is 0. The van der Waals surface area contributed by atoms with Crippen LogP contribution in [-0.2, 0) is 0 Å². The lowest BCUT2D eigenvalue weighted by Gasteiger charge is -2.42. The van der Waals surface area contributed by atoms with Gasteiger partial charge in [0.1, 0.15) is 0 Å². The molecule has 1 saturated carbocycles. The maximum atomic E-state index is 11.9. The average Bonchev–Trinajstić information content (AvgIpc) is 2.33.